The van der Waals surface area contributed by atoms with Crippen molar-refractivity contribution in [1.29, 1.82) is 5.26 Å². The van der Waals surface area contributed by atoms with Gasteiger partial charge in [0, 0.05) is 5.39 Å². The average molecular weight is 202 g/mol. The van der Waals surface area contributed by atoms with Crippen LogP contribution in [-0.2, 0) is 0 Å². The Morgan fingerprint density at radius 2 is 2.29 bits per heavy atom. The molecule has 0 bridgehead atoms. The summed E-state index contributed by atoms with van der Waals surface area (Å²) in [5.74, 6) is -0.0638. The zero-order chi connectivity index (χ0) is 9.97. The van der Waals surface area contributed by atoms with Crippen molar-refractivity contribution in [3.8, 4) is 6.07 Å². The Kier molecular flexibility index (Phi) is 2.47. The quantitative estimate of drug-likeness (QED) is 0.749. The lowest BCUT2D eigenvalue weighted by atomic mass is 10.0. The van der Waals surface area contributed by atoms with Gasteiger partial charge in [-0.3, -0.25) is 0 Å². The molecule has 1 aromatic carbocycles. The monoisotopic (exact) mass is 202 g/mol. The first-order valence-electron chi connectivity index (χ1n) is 4.60. The van der Waals surface area contributed by atoms with Crippen molar-refractivity contribution in [1.82, 2.24) is 4.37 Å². The van der Waals surface area contributed by atoms with Crippen LogP contribution in [-0.4, -0.2) is 4.37 Å². The molecule has 1 atom stereocenters. The fraction of sp³-hybridized carbons (Fsp3) is 0.273. The summed E-state index contributed by atoms with van der Waals surface area (Å²) >= 11 is 1.47. The van der Waals surface area contributed by atoms with Gasteiger partial charge in [-0.1, -0.05) is 25.1 Å². The molecule has 0 fully saturated rings. The Labute approximate surface area is 87.0 Å². The van der Waals surface area contributed by atoms with Gasteiger partial charge < -0.3 is 0 Å². The number of nitriles is 1. The van der Waals surface area contributed by atoms with Crippen LogP contribution in [0.25, 0.3) is 10.1 Å². The maximum absolute atomic E-state index is 8.97. The predicted octanol–water partition coefficient (Wildman–Crippen LogP) is 3.31. The van der Waals surface area contributed by atoms with Crippen molar-refractivity contribution in [2.75, 3.05) is 0 Å². The summed E-state index contributed by atoms with van der Waals surface area (Å²) in [5, 5.41) is 10.1. The van der Waals surface area contributed by atoms with Gasteiger partial charge in [0.2, 0.25) is 0 Å². The predicted molar refractivity (Wildman–Crippen MR) is 58.3 cm³/mol. The highest BCUT2D eigenvalue weighted by Crippen LogP contribution is 2.29. The lowest BCUT2D eigenvalue weighted by molar-refractivity contribution is 0.806. The highest BCUT2D eigenvalue weighted by atomic mass is 32.1. The smallest absolute Gasteiger partial charge is 0.0899 e. The Morgan fingerprint density at radius 1 is 1.50 bits per heavy atom. The Hall–Kier alpha value is -1.40. The van der Waals surface area contributed by atoms with Gasteiger partial charge in [-0.25, -0.2) is 0 Å². The number of fused-ring (bicyclic) bond motifs is 1. The van der Waals surface area contributed by atoms with Crippen LogP contribution in [0.3, 0.4) is 0 Å². The largest absolute Gasteiger partial charge is 0.198 e. The summed E-state index contributed by atoms with van der Waals surface area (Å²) in [4.78, 5) is 0. The number of aromatic nitrogens is 1. The molecule has 0 aliphatic rings. The minimum absolute atomic E-state index is 0.0638. The topological polar surface area (TPSA) is 36.7 Å². The number of nitrogens with zero attached hydrogens (tertiary/aromatic N) is 2. The molecule has 0 spiro atoms. The van der Waals surface area contributed by atoms with E-state index in [4.69, 9.17) is 5.26 Å². The summed E-state index contributed by atoms with van der Waals surface area (Å²) in [6.45, 7) is 2.02. The second-order valence-corrected chi connectivity index (χ2v) is 3.96. The van der Waals surface area contributed by atoms with Gasteiger partial charge in [0.15, 0.2) is 0 Å². The Bertz CT molecular complexity index is 481. The lowest BCUT2D eigenvalue weighted by Gasteiger charge is -2.01. The van der Waals surface area contributed by atoms with E-state index in [2.05, 4.69) is 10.4 Å². The van der Waals surface area contributed by atoms with E-state index < -0.39 is 0 Å². The zero-order valence-electron chi connectivity index (χ0n) is 7.90. The molecule has 1 heterocycles. The maximum Gasteiger partial charge on any atom is 0.0899 e. The van der Waals surface area contributed by atoms with Gasteiger partial charge in [-0.15, -0.1) is 0 Å². The Balaban J connectivity index is 2.59. The molecule has 2 aromatic rings. The number of benzene rings is 1. The first-order chi connectivity index (χ1) is 6.86. The third kappa shape index (κ3) is 1.38. The molecule has 14 heavy (non-hydrogen) atoms. The van der Waals surface area contributed by atoms with Crippen LogP contribution in [0.2, 0.25) is 0 Å². The standard InChI is InChI=1S/C11H10N2S/c1-2-8(7-12)11-9-5-3-4-6-10(9)14-13-11/h3-6,8H,2H2,1H3. The summed E-state index contributed by atoms with van der Waals surface area (Å²) < 4.78 is 5.52. The van der Waals surface area contributed by atoms with E-state index >= 15 is 0 Å². The molecular formula is C11H10N2S. The summed E-state index contributed by atoms with van der Waals surface area (Å²) in [5.41, 5.74) is 0.940. The van der Waals surface area contributed by atoms with Crippen LogP contribution in [0.15, 0.2) is 24.3 Å². The van der Waals surface area contributed by atoms with Crippen molar-refractivity contribution >= 4 is 21.6 Å². The first kappa shape index (κ1) is 9.17. The van der Waals surface area contributed by atoms with E-state index in [0.717, 1.165) is 22.2 Å². The summed E-state index contributed by atoms with van der Waals surface area (Å²) in [6.07, 6.45) is 0.824. The van der Waals surface area contributed by atoms with Gasteiger partial charge in [-0.05, 0) is 24.0 Å². The van der Waals surface area contributed by atoms with Crippen molar-refractivity contribution in [3.63, 3.8) is 0 Å². The first-order valence-corrected chi connectivity index (χ1v) is 5.38. The van der Waals surface area contributed by atoms with Crippen LogP contribution in [0.5, 0.6) is 0 Å². The van der Waals surface area contributed by atoms with Gasteiger partial charge >= 0.3 is 0 Å². The van der Waals surface area contributed by atoms with E-state index in [1.165, 1.54) is 11.5 Å². The summed E-state index contributed by atoms with van der Waals surface area (Å²) in [6, 6.07) is 10.4. The van der Waals surface area contributed by atoms with Crippen LogP contribution in [0.4, 0.5) is 0 Å². The molecule has 0 amide bonds. The molecule has 3 heteroatoms. The molecule has 1 unspecified atom stereocenters. The third-order valence-corrected chi connectivity index (χ3v) is 3.14. The highest BCUT2D eigenvalue weighted by molar-refractivity contribution is 7.13. The molecule has 0 aliphatic heterocycles. The number of rotatable bonds is 2. The molecule has 70 valence electrons. The molecule has 0 aliphatic carbocycles. The molecule has 2 nitrogen and oxygen atoms in total. The van der Waals surface area contributed by atoms with E-state index in [9.17, 15) is 0 Å². The van der Waals surface area contributed by atoms with Crippen molar-refractivity contribution < 1.29 is 0 Å². The second kappa shape index (κ2) is 3.77. The van der Waals surface area contributed by atoms with Gasteiger partial charge in [0.05, 0.1) is 22.4 Å². The zero-order valence-corrected chi connectivity index (χ0v) is 8.71. The highest BCUT2D eigenvalue weighted by Gasteiger charge is 2.14. The molecular weight excluding hydrogens is 192 g/mol. The second-order valence-electron chi connectivity index (χ2n) is 3.15. The SMILES string of the molecule is CCC(C#N)c1nsc2ccccc12. The third-order valence-electron chi connectivity index (χ3n) is 2.30. The fourth-order valence-electron chi connectivity index (χ4n) is 1.50. The molecule has 0 saturated carbocycles. The van der Waals surface area contributed by atoms with Crippen molar-refractivity contribution in [2.24, 2.45) is 0 Å². The van der Waals surface area contributed by atoms with E-state index in [1.54, 1.807) is 0 Å². The van der Waals surface area contributed by atoms with Crippen molar-refractivity contribution in [3.05, 3.63) is 30.0 Å². The van der Waals surface area contributed by atoms with E-state index in [0.29, 0.717) is 0 Å². The van der Waals surface area contributed by atoms with E-state index in [-0.39, 0.29) is 5.92 Å². The Morgan fingerprint density at radius 3 is 3.00 bits per heavy atom. The average Bonchev–Trinajstić information content (AvgIpc) is 2.65. The molecule has 1 aromatic heterocycles. The fourth-order valence-corrected chi connectivity index (χ4v) is 2.34. The van der Waals surface area contributed by atoms with Crippen LogP contribution >= 0.6 is 11.5 Å². The normalized spacial score (nSPS) is 12.6. The van der Waals surface area contributed by atoms with Gasteiger partial charge in [-0.2, -0.15) is 9.64 Å². The molecule has 0 radical (unpaired) electrons. The lowest BCUT2D eigenvalue weighted by Crippen LogP contribution is -1.93. The van der Waals surface area contributed by atoms with Crippen LogP contribution < -0.4 is 0 Å². The maximum atomic E-state index is 8.97. The number of hydrogen-bond donors (Lipinski definition) is 0. The number of hydrogen-bond acceptors (Lipinski definition) is 3. The van der Waals surface area contributed by atoms with Crippen molar-refractivity contribution in [2.45, 2.75) is 19.3 Å². The van der Waals surface area contributed by atoms with Crippen LogP contribution in [0, 0.1) is 11.3 Å². The minimum Gasteiger partial charge on any atom is -0.198 e. The summed E-state index contributed by atoms with van der Waals surface area (Å²) in [7, 11) is 0. The van der Waals surface area contributed by atoms with E-state index in [1.807, 2.05) is 31.2 Å². The van der Waals surface area contributed by atoms with Gasteiger partial charge in [0.25, 0.3) is 0 Å². The minimum atomic E-state index is -0.0638. The molecule has 0 saturated heterocycles. The molecule has 2 rings (SSSR count). The van der Waals surface area contributed by atoms with Crippen LogP contribution in [0.1, 0.15) is 25.0 Å². The molecule has 0 N–H and O–H groups in total. The van der Waals surface area contributed by atoms with Gasteiger partial charge in [0.1, 0.15) is 0 Å².